The average Bonchev–Trinajstić information content (AvgIpc) is 3.18. The van der Waals surface area contributed by atoms with Crippen LogP contribution in [-0.4, -0.2) is 40.0 Å². The van der Waals surface area contributed by atoms with E-state index in [1.807, 2.05) is 30.3 Å². The normalized spacial score (nSPS) is 18.9. The smallest absolute Gasteiger partial charge is 0.236 e. The topological polar surface area (TPSA) is 112 Å². The van der Waals surface area contributed by atoms with Gasteiger partial charge in [-0.15, -0.1) is 23.1 Å². The molecule has 0 aliphatic carbocycles. The molecule has 2 atom stereocenters. The summed E-state index contributed by atoms with van der Waals surface area (Å²) in [6.07, 6.45) is 2.04. The Morgan fingerprint density at radius 3 is 2.82 bits per heavy atom. The van der Waals surface area contributed by atoms with Crippen molar-refractivity contribution in [1.29, 1.82) is 0 Å². The molecule has 4 N–H and O–H groups in total. The second-order valence-corrected chi connectivity index (χ2v) is 8.17. The largest absolute Gasteiger partial charge is 0.352 e. The molecule has 1 aromatic heterocycles. The molecular weight excluding hydrogens is 398 g/mol. The number of thioether (sulfide) groups is 1. The first-order valence-electron chi connectivity index (χ1n) is 8.75. The van der Waals surface area contributed by atoms with Crippen LogP contribution in [0.1, 0.15) is 18.4 Å². The van der Waals surface area contributed by atoms with Crippen molar-refractivity contribution in [3.8, 4) is 0 Å². The summed E-state index contributed by atoms with van der Waals surface area (Å²) in [6, 6.07) is 9.36. The Balaban J connectivity index is 1.41. The lowest BCUT2D eigenvalue weighted by atomic mass is 10.1. The number of carbonyl (C=O) groups is 3. The highest BCUT2D eigenvalue weighted by Crippen LogP contribution is 2.16. The molecule has 0 bridgehead atoms. The summed E-state index contributed by atoms with van der Waals surface area (Å²) in [4.78, 5) is 40.1. The van der Waals surface area contributed by atoms with Crippen molar-refractivity contribution in [2.75, 3.05) is 11.1 Å². The first-order valence-corrected chi connectivity index (χ1v) is 10.7. The molecule has 28 heavy (non-hydrogen) atoms. The van der Waals surface area contributed by atoms with Gasteiger partial charge < -0.3 is 16.0 Å². The highest BCUT2D eigenvalue weighted by atomic mass is 32.2. The molecule has 3 rings (SSSR count). The van der Waals surface area contributed by atoms with E-state index in [-0.39, 0.29) is 42.4 Å². The number of benzene rings is 1. The molecule has 1 aromatic carbocycles. The molecule has 0 saturated carbocycles. The monoisotopic (exact) mass is 419 g/mol. The Hall–Kier alpha value is -2.43. The molecule has 0 spiro atoms. The van der Waals surface area contributed by atoms with E-state index >= 15 is 0 Å². The second-order valence-electron chi connectivity index (χ2n) is 6.18. The van der Waals surface area contributed by atoms with Gasteiger partial charge in [-0.3, -0.25) is 19.7 Å². The maximum atomic E-state index is 12.2. The van der Waals surface area contributed by atoms with Crippen LogP contribution in [0.2, 0.25) is 0 Å². The number of nitrogens with zero attached hydrogens (tertiary/aromatic N) is 1. The van der Waals surface area contributed by atoms with Gasteiger partial charge in [0.15, 0.2) is 5.13 Å². The molecule has 1 fully saturated rings. The van der Waals surface area contributed by atoms with Crippen LogP contribution in [0.4, 0.5) is 5.13 Å². The highest BCUT2D eigenvalue weighted by molar-refractivity contribution is 8.00. The number of thiazole rings is 1. The zero-order valence-electron chi connectivity index (χ0n) is 15.0. The van der Waals surface area contributed by atoms with E-state index in [4.69, 9.17) is 0 Å². The van der Waals surface area contributed by atoms with Crippen LogP contribution in [0.25, 0.3) is 0 Å². The summed E-state index contributed by atoms with van der Waals surface area (Å²) in [6.45, 7) is 0.452. The minimum Gasteiger partial charge on any atom is -0.352 e. The van der Waals surface area contributed by atoms with Crippen LogP contribution in [0.5, 0.6) is 0 Å². The summed E-state index contributed by atoms with van der Waals surface area (Å²) in [7, 11) is 0. The Morgan fingerprint density at radius 1 is 1.25 bits per heavy atom. The lowest BCUT2D eigenvalue weighted by molar-refractivity contribution is -0.125. The zero-order valence-corrected chi connectivity index (χ0v) is 16.6. The molecule has 1 saturated heterocycles. The summed E-state index contributed by atoms with van der Waals surface area (Å²) in [5, 5.41) is 13.9. The molecule has 8 nitrogen and oxygen atoms in total. The fraction of sp³-hybridized carbons (Fsp3) is 0.333. The SMILES string of the molecule is O=C(CC1CC(=O)NC(SCC(=O)Nc2nccs2)N1)NCc1ccccc1. The van der Waals surface area contributed by atoms with Gasteiger partial charge in [0.1, 0.15) is 5.50 Å². The summed E-state index contributed by atoms with van der Waals surface area (Å²) in [5.74, 6) is -0.303. The third-order valence-corrected chi connectivity index (χ3v) is 5.64. The molecule has 1 aliphatic heterocycles. The Morgan fingerprint density at radius 2 is 2.07 bits per heavy atom. The number of carbonyl (C=O) groups excluding carboxylic acids is 3. The van der Waals surface area contributed by atoms with Gasteiger partial charge in [0.2, 0.25) is 17.7 Å². The molecule has 148 valence electrons. The van der Waals surface area contributed by atoms with Crippen molar-refractivity contribution in [2.24, 2.45) is 0 Å². The van der Waals surface area contributed by atoms with Crippen molar-refractivity contribution in [1.82, 2.24) is 20.9 Å². The van der Waals surface area contributed by atoms with Crippen molar-refractivity contribution >= 4 is 46.0 Å². The summed E-state index contributed by atoms with van der Waals surface area (Å²) >= 11 is 2.60. The van der Waals surface area contributed by atoms with Gasteiger partial charge in [0.05, 0.1) is 5.75 Å². The number of nitrogens with one attached hydrogen (secondary N) is 4. The van der Waals surface area contributed by atoms with Crippen molar-refractivity contribution in [3.05, 3.63) is 47.5 Å². The van der Waals surface area contributed by atoms with Crippen molar-refractivity contribution in [3.63, 3.8) is 0 Å². The first-order chi connectivity index (χ1) is 13.6. The van der Waals surface area contributed by atoms with Crippen LogP contribution >= 0.6 is 23.1 Å². The van der Waals surface area contributed by atoms with Gasteiger partial charge >= 0.3 is 0 Å². The Kier molecular flexibility index (Phi) is 7.40. The lowest BCUT2D eigenvalue weighted by Gasteiger charge is -2.30. The van der Waals surface area contributed by atoms with E-state index in [0.29, 0.717) is 11.7 Å². The lowest BCUT2D eigenvalue weighted by Crippen LogP contribution is -2.56. The van der Waals surface area contributed by atoms with E-state index in [0.717, 1.165) is 5.56 Å². The highest BCUT2D eigenvalue weighted by Gasteiger charge is 2.28. The maximum absolute atomic E-state index is 12.2. The number of hydrogen-bond acceptors (Lipinski definition) is 7. The Bertz CT molecular complexity index is 801. The molecule has 2 heterocycles. The van der Waals surface area contributed by atoms with Gasteiger partial charge in [-0.1, -0.05) is 30.3 Å². The summed E-state index contributed by atoms with van der Waals surface area (Å²) in [5.41, 5.74) is 0.597. The van der Waals surface area contributed by atoms with Gasteiger partial charge in [0.25, 0.3) is 0 Å². The Labute approximate surface area is 170 Å². The minimum absolute atomic E-state index is 0.124. The molecule has 2 aromatic rings. The molecular formula is C18H21N5O3S2. The van der Waals surface area contributed by atoms with E-state index in [9.17, 15) is 14.4 Å². The van der Waals surface area contributed by atoms with Gasteiger partial charge in [-0.25, -0.2) is 4.98 Å². The quantitative estimate of drug-likeness (QED) is 0.513. The van der Waals surface area contributed by atoms with Crippen LogP contribution < -0.4 is 21.3 Å². The van der Waals surface area contributed by atoms with E-state index in [1.165, 1.54) is 23.1 Å². The molecule has 10 heteroatoms. The third kappa shape index (κ3) is 6.63. The van der Waals surface area contributed by atoms with E-state index < -0.39 is 5.50 Å². The van der Waals surface area contributed by atoms with Crippen LogP contribution in [0.3, 0.4) is 0 Å². The number of rotatable bonds is 8. The number of hydrogen-bond donors (Lipinski definition) is 4. The van der Waals surface area contributed by atoms with E-state index in [1.54, 1.807) is 11.6 Å². The van der Waals surface area contributed by atoms with Crippen LogP contribution in [-0.2, 0) is 20.9 Å². The number of aromatic nitrogens is 1. The number of amides is 3. The molecule has 3 amide bonds. The third-order valence-electron chi connectivity index (χ3n) is 3.94. The van der Waals surface area contributed by atoms with E-state index in [2.05, 4.69) is 26.3 Å². The fourth-order valence-corrected chi connectivity index (χ4v) is 4.10. The standard InChI is InChI=1S/C18H21N5O3S2/c24-14(20-10-12-4-2-1-3-5-12)8-13-9-15(25)22-18(21-13)28-11-16(26)23-17-19-6-7-27-17/h1-7,13,18,21H,8-11H2,(H,20,24)(H,22,25)(H,19,23,26). The van der Waals surface area contributed by atoms with Crippen molar-refractivity contribution in [2.45, 2.75) is 30.9 Å². The average molecular weight is 420 g/mol. The van der Waals surface area contributed by atoms with Gasteiger partial charge in [-0.05, 0) is 5.56 Å². The fourth-order valence-electron chi connectivity index (χ4n) is 2.66. The summed E-state index contributed by atoms with van der Waals surface area (Å²) < 4.78 is 0. The zero-order chi connectivity index (χ0) is 19.8. The second kappa shape index (κ2) is 10.2. The molecule has 0 radical (unpaired) electrons. The minimum atomic E-state index is -0.421. The van der Waals surface area contributed by atoms with Gasteiger partial charge in [-0.2, -0.15) is 0 Å². The van der Waals surface area contributed by atoms with Crippen LogP contribution in [0.15, 0.2) is 41.9 Å². The van der Waals surface area contributed by atoms with Crippen LogP contribution in [0, 0.1) is 0 Å². The van der Waals surface area contributed by atoms with Crippen molar-refractivity contribution < 1.29 is 14.4 Å². The predicted molar refractivity (Wildman–Crippen MR) is 110 cm³/mol. The first kappa shape index (κ1) is 20.3. The number of anilines is 1. The van der Waals surface area contributed by atoms with Gasteiger partial charge in [0, 0.05) is 37.0 Å². The molecule has 2 unspecified atom stereocenters. The maximum Gasteiger partial charge on any atom is 0.236 e. The predicted octanol–water partition coefficient (Wildman–Crippen LogP) is 1.28. The molecule has 1 aliphatic rings.